The normalized spacial score (nSPS) is 11.2. The van der Waals surface area contributed by atoms with Crippen LogP contribution >= 0.6 is 39.0 Å². The van der Waals surface area contributed by atoms with Crippen LogP contribution in [0.25, 0.3) is 0 Å². The van der Waals surface area contributed by atoms with Gasteiger partial charge in [0.25, 0.3) is 0 Å². The fraction of sp³-hybridized carbons (Fsp3) is 0.429. The van der Waals surface area contributed by atoms with Gasteiger partial charge in [0.2, 0.25) is 0 Å². The third kappa shape index (κ3) is 4.59. The van der Waals surface area contributed by atoms with E-state index >= 15 is 0 Å². The lowest BCUT2D eigenvalue weighted by molar-refractivity contribution is -0.133. The van der Waals surface area contributed by atoms with E-state index in [9.17, 15) is 4.79 Å². The third-order valence-electron chi connectivity index (χ3n) is 2.98. The molecule has 0 unspecified atom stereocenters. The minimum Gasteiger partial charge on any atom is -0.481 e. The van der Waals surface area contributed by atoms with Crippen molar-refractivity contribution in [3.63, 3.8) is 0 Å². The lowest BCUT2D eigenvalue weighted by Gasteiger charge is -2.13. The zero-order valence-electron chi connectivity index (χ0n) is 11.9. The van der Waals surface area contributed by atoms with E-state index in [-0.39, 0.29) is 5.75 Å². The van der Waals surface area contributed by atoms with Crippen molar-refractivity contribution < 1.29 is 9.90 Å². The summed E-state index contributed by atoms with van der Waals surface area (Å²) in [6.45, 7) is 5.07. The van der Waals surface area contributed by atoms with Gasteiger partial charge in [-0.3, -0.25) is 4.79 Å². The number of carboxylic acids is 1. The molecule has 4 nitrogen and oxygen atoms in total. The topological polar surface area (TPSA) is 55.1 Å². The Morgan fingerprint density at radius 3 is 2.86 bits per heavy atom. The quantitative estimate of drug-likeness (QED) is 0.720. The smallest absolute Gasteiger partial charge is 0.313 e. The fourth-order valence-corrected chi connectivity index (χ4v) is 4.21. The number of thioether (sulfide) groups is 1. The van der Waals surface area contributed by atoms with Crippen LogP contribution in [0.15, 0.2) is 27.3 Å². The second-order valence-corrected chi connectivity index (χ2v) is 8.40. The molecule has 1 N–H and O–H groups in total. The van der Waals surface area contributed by atoms with Crippen molar-refractivity contribution in [3.05, 3.63) is 32.7 Å². The van der Waals surface area contributed by atoms with E-state index < -0.39 is 5.97 Å². The van der Waals surface area contributed by atoms with Crippen LogP contribution in [0.5, 0.6) is 0 Å². The molecule has 0 fully saturated rings. The van der Waals surface area contributed by atoms with E-state index in [1.807, 2.05) is 6.20 Å². The lowest BCUT2D eigenvalue weighted by atomic mass is 10.1. The van der Waals surface area contributed by atoms with Gasteiger partial charge >= 0.3 is 5.97 Å². The molecule has 2 heterocycles. The van der Waals surface area contributed by atoms with Crippen molar-refractivity contribution in [2.24, 2.45) is 0 Å². The first-order valence-electron chi connectivity index (χ1n) is 6.61. The molecule has 0 aliphatic heterocycles. The van der Waals surface area contributed by atoms with Gasteiger partial charge in [0.15, 0.2) is 5.16 Å². The van der Waals surface area contributed by atoms with Gasteiger partial charge < -0.3 is 9.67 Å². The monoisotopic (exact) mass is 388 g/mol. The van der Waals surface area contributed by atoms with E-state index in [0.717, 1.165) is 27.6 Å². The van der Waals surface area contributed by atoms with Crippen molar-refractivity contribution in [1.82, 2.24) is 9.55 Å². The third-order valence-corrected chi connectivity index (χ3v) is 5.64. The Balaban J connectivity index is 2.13. The number of imidazole rings is 1. The Kier molecular flexibility index (Phi) is 5.89. The molecule has 114 valence electrons. The standard InChI is InChI=1S/C14H17BrN2O2S2/c1-9(2)11-7-16-14(20-8-13(18)19)17(11)6-5-10-3-4-12(15)21-10/h3-4,7,9H,5-6,8H2,1-2H3,(H,18,19). The van der Waals surface area contributed by atoms with Crippen LogP contribution in [0, 0.1) is 0 Å². The summed E-state index contributed by atoms with van der Waals surface area (Å²) < 4.78 is 3.28. The Bertz CT molecular complexity index is 622. The summed E-state index contributed by atoms with van der Waals surface area (Å²) in [5.74, 6) is -0.409. The first kappa shape index (κ1) is 16.6. The highest BCUT2D eigenvalue weighted by Gasteiger charge is 2.14. The molecule has 2 aromatic rings. The Labute approximate surface area is 140 Å². The summed E-state index contributed by atoms with van der Waals surface area (Å²) in [4.78, 5) is 16.4. The van der Waals surface area contributed by atoms with Crippen molar-refractivity contribution in [2.75, 3.05) is 5.75 Å². The number of rotatable bonds is 7. The van der Waals surface area contributed by atoms with Crippen molar-refractivity contribution in [1.29, 1.82) is 0 Å². The molecular formula is C14H17BrN2O2S2. The van der Waals surface area contributed by atoms with Gasteiger partial charge in [-0.25, -0.2) is 4.98 Å². The SMILES string of the molecule is CC(C)c1cnc(SCC(=O)O)n1CCc1ccc(Br)s1. The van der Waals surface area contributed by atoms with Gasteiger partial charge in [0, 0.05) is 23.3 Å². The first-order valence-corrected chi connectivity index (χ1v) is 9.21. The van der Waals surface area contributed by atoms with E-state index in [4.69, 9.17) is 5.11 Å². The number of aryl methyl sites for hydroxylation is 1. The summed E-state index contributed by atoms with van der Waals surface area (Å²) in [5, 5.41) is 9.62. The van der Waals surface area contributed by atoms with Gasteiger partial charge in [-0.15, -0.1) is 11.3 Å². The number of aliphatic carboxylic acids is 1. The van der Waals surface area contributed by atoms with E-state index in [1.54, 1.807) is 11.3 Å². The number of hydrogen-bond acceptors (Lipinski definition) is 4. The summed E-state index contributed by atoms with van der Waals surface area (Å²) >= 11 is 6.48. The Hall–Kier alpha value is -0.790. The van der Waals surface area contributed by atoms with Crippen molar-refractivity contribution >= 4 is 45.0 Å². The van der Waals surface area contributed by atoms with Crippen LogP contribution in [0.3, 0.4) is 0 Å². The minimum absolute atomic E-state index is 0.0408. The van der Waals surface area contributed by atoms with Gasteiger partial charge in [-0.2, -0.15) is 0 Å². The molecule has 2 aromatic heterocycles. The highest BCUT2D eigenvalue weighted by molar-refractivity contribution is 9.11. The summed E-state index contributed by atoms with van der Waals surface area (Å²) in [6, 6.07) is 4.17. The molecule has 21 heavy (non-hydrogen) atoms. The number of thiophene rings is 1. The number of halogens is 1. The number of nitrogens with zero attached hydrogens (tertiary/aromatic N) is 2. The lowest BCUT2D eigenvalue weighted by Crippen LogP contribution is -2.09. The minimum atomic E-state index is -0.817. The maximum atomic E-state index is 10.7. The van der Waals surface area contributed by atoms with Crippen LogP contribution in [0.1, 0.15) is 30.3 Å². The molecule has 7 heteroatoms. The fourth-order valence-electron chi connectivity index (χ4n) is 2.01. The molecule has 0 aromatic carbocycles. The van der Waals surface area contributed by atoms with Crippen LogP contribution < -0.4 is 0 Å². The van der Waals surface area contributed by atoms with Crippen LogP contribution in [0.2, 0.25) is 0 Å². The largest absolute Gasteiger partial charge is 0.481 e. The van der Waals surface area contributed by atoms with Crippen molar-refractivity contribution in [3.8, 4) is 0 Å². The summed E-state index contributed by atoms with van der Waals surface area (Å²) in [7, 11) is 0. The molecule has 0 amide bonds. The van der Waals surface area contributed by atoms with E-state index in [2.05, 4.69) is 51.5 Å². The van der Waals surface area contributed by atoms with Crippen LogP contribution in [0.4, 0.5) is 0 Å². The molecular weight excluding hydrogens is 372 g/mol. The molecule has 0 atom stereocenters. The van der Waals surface area contributed by atoms with E-state index in [1.165, 1.54) is 16.6 Å². The summed E-state index contributed by atoms with van der Waals surface area (Å²) in [6.07, 6.45) is 2.78. The molecule has 2 rings (SSSR count). The number of carbonyl (C=O) groups is 1. The number of carboxylic acid groups (broad SMARTS) is 1. The molecule has 0 radical (unpaired) electrons. The second kappa shape index (κ2) is 7.47. The van der Waals surface area contributed by atoms with Crippen LogP contribution in [-0.4, -0.2) is 26.4 Å². The second-order valence-electron chi connectivity index (χ2n) is 4.91. The molecule has 0 aliphatic carbocycles. The van der Waals surface area contributed by atoms with E-state index in [0.29, 0.717) is 5.92 Å². The zero-order chi connectivity index (χ0) is 15.4. The van der Waals surface area contributed by atoms with Gasteiger partial charge in [-0.1, -0.05) is 25.6 Å². The van der Waals surface area contributed by atoms with Gasteiger partial charge in [0.05, 0.1) is 9.54 Å². The highest BCUT2D eigenvalue weighted by atomic mass is 79.9. The summed E-state index contributed by atoms with van der Waals surface area (Å²) in [5.41, 5.74) is 1.15. The van der Waals surface area contributed by atoms with Crippen molar-refractivity contribution in [2.45, 2.75) is 37.9 Å². The molecule has 0 bridgehead atoms. The molecule has 0 spiro atoms. The maximum absolute atomic E-state index is 10.7. The maximum Gasteiger partial charge on any atom is 0.313 e. The number of hydrogen-bond donors (Lipinski definition) is 1. The molecule has 0 aliphatic rings. The molecule has 0 saturated heterocycles. The average Bonchev–Trinajstić information content (AvgIpc) is 2.99. The predicted molar refractivity (Wildman–Crippen MR) is 90.4 cm³/mol. The Morgan fingerprint density at radius 1 is 1.52 bits per heavy atom. The van der Waals surface area contributed by atoms with Gasteiger partial charge in [0.1, 0.15) is 0 Å². The van der Waals surface area contributed by atoms with Crippen LogP contribution in [-0.2, 0) is 17.8 Å². The van der Waals surface area contributed by atoms with Gasteiger partial charge in [-0.05, 0) is 40.4 Å². The Morgan fingerprint density at radius 2 is 2.29 bits per heavy atom. The molecule has 0 saturated carbocycles. The predicted octanol–water partition coefficient (Wildman–Crippen LogP) is 4.25. The number of aromatic nitrogens is 2. The highest BCUT2D eigenvalue weighted by Crippen LogP contribution is 2.26. The first-order chi connectivity index (χ1) is 9.97. The average molecular weight is 389 g/mol. The zero-order valence-corrected chi connectivity index (χ0v) is 15.1.